The number of carbonyl (C=O) groups is 1. The summed E-state index contributed by atoms with van der Waals surface area (Å²) in [5.41, 5.74) is 1.02. The Labute approximate surface area is 113 Å². The van der Waals surface area contributed by atoms with Crippen molar-refractivity contribution in [2.45, 2.75) is 32.7 Å². The van der Waals surface area contributed by atoms with Crippen LogP contribution in [-0.4, -0.2) is 46.6 Å². The lowest BCUT2D eigenvalue weighted by Gasteiger charge is -2.32. The minimum Gasteiger partial charge on any atom is -0.478 e. The standard InChI is InChI=1S/C14H21N3O2/c1-3-17-6-4-5-12(9-17)16-13-8-11(14(18)19)7-10(2)15-13/h7-8,12H,3-6,9H2,1-2H3,(H,15,16)(H,18,19). The van der Waals surface area contributed by atoms with E-state index in [1.54, 1.807) is 12.1 Å². The molecule has 2 heterocycles. The van der Waals surface area contributed by atoms with Gasteiger partial charge in [0.05, 0.1) is 5.56 Å². The summed E-state index contributed by atoms with van der Waals surface area (Å²) in [7, 11) is 0. The molecule has 5 nitrogen and oxygen atoms in total. The van der Waals surface area contributed by atoms with Crippen molar-refractivity contribution in [3.8, 4) is 0 Å². The first-order valence-electron chi connectivity index (χ1n) is 6.79. The zero-order valence-corrected chi connectivity index (χ0v) is 11.5. The van der Waals surface area contributed by atoms with Crippen LogP contribution < -0.4 is 5.32 Å². The Bertz CT molecular complexity index is 462. The van der Waals surface area contributed by atoms with Crippen molar-refractivity contribution in [3.63, 3.8) is 0 Å². The van der Waals surface area contributed by atoms with Crippen LogP contribution in [0.5, 0.6) is 0 Å². The van der Waals surface area contributed by atoms with Crippen LogP contribution in [0.1, 0.15) is 35.8 Å². The van der Waals surface area contributed by atoms with Gasteiger partial charge in [-0.05, 0) is 45.0 Å². The van der Waals surface area contributed by atoms with E-state index in [9.17, 15) is 4.79 Å². The monoisotopic (exact) mass is 263 g/mol. The number of pyridine rings is 1. The number of anilines is 1. The summed E-state index contributed by atoms with van der Waals surface area (Å²) in [5, 5.41) is 12.4. The van der Waals surface area contributed by atoms with Gasteiger partial charge in [0, 0.05) is 18.3 Å². The third-order valence-corrected chi connectivity index (χ3v) is 3.51. The van der Waals surface area contributed by atoms with Gasteiger partial charge in [-0.25, -0.2) is 9.78 Å². The van der Waals surface area contributed by atoms with Crippen molar-refractivity contribution in [1.82, 2.24) is 9.88 Å². The minimum absolute atomic E-state index is 0.290. The predicted molar refractivity (Wildman–Crippen MR) is 74.7 cm³/mol. The molecule has 0 spiro atoms. The van der Waals surface area contributed by atoms with E-state index in [2.05, 4.69) is 22.1 Å². The molecule has 1 saturated heterocycles. The number of carboxylic acids is 1. The molecular formula is C14H21N3O2. The van der Waals surface area contributed by atoms with E-state index in [1.807, 2.05) is 6.92 Å². The van der Waals surface area contributed by atoms with E-state index >= 15 is 0 Å². The zero-order chi connectivity index (χ0) is 13.8. The third kappa shape index (κ3) is 3.67. The number of likely N-dealkylation sites (tertiary alicyclic amines) is 1. The highest BCUT2D eigenvalue weighted by molar-refractivity contribution is 5.88. The van der Waals surface area contributed by atoms with E-state index in [-0.39, 0.29) is 5.56 Å². The summed E-state index contributed by atoms with van der Waals surface area (Å²) in [6, 6.07) is 3.55. The maximum Gasteiger partial charge on any atom is 0.335 e. The number of aromatic carboxylic acids is 1. The smallest absolute Gasteiger partial charge is 0.335 e. The third-order valence-electron chi connectivity index (χ3n) is 3.51. The lowest BCUT2D eigenvalue weighted by atomic mass is 10.1. The Morgan fingerprint density at radius 2 is 2.37 bits per heavy atom. The second-order valence-corrected chi connectivity index (χ2v) is 5.06. The molecule has 0 radical (unpaired) electrons. The summed E-state index contributed by atoms with van der Waals surface area (Å²) < 4.78 is 0. The van der Waals surface area contributed by atoms with E-state index < -0.39 is 5.97 Å². The van der Waals surface area contributed by atoms with E-state index in [0.29, 0.717) is 11.9 Å². The number of likely N-dealkylation sites (N-methyl/N-ethyl adjacent to an activating group) is 1. The second-order valence-electron chi connectivity index (χ2n) is 5.06. The number of nitrogens with zero attached hydrogens (tertiary/aromatic N) is 2. The summed E-state index contributed by atoms with van der Waals surface area (Å²) in [4.78, 5) is 17.8. The van der Waals surface area contributed by atoms with Crippen LogP contribution in [0.25, 0.3) is 0 Å². The fourth-order valence-corrected chi connectivity index (χ4v) is 2.54. The van der Waals surface area contributed by atoms with Crippen LogP contribution in [0.15, 0.2) is 12.1 Å². The van der Waals surface area contributed by atoms with Crippen molar-refractivity contribution in [3.05, 3.63) is 23.4 Å². The number of hydrogen-bond donors (Lipinski definition) is 2. The van der Waals surface area contributed by atoms with Crippen LogP contribution in [-0.2, 0) is 0 Å². The van der Waals surface area contributed by atoms with Crippen LogP contribution >= 0.6 is 0 Å². The Morgan fingerprint density at radius 3 is 3.05 bits per heavy atom. The number of nitrogens with one attached hydrogen (secondary N) is 1. The van der Waals surface area contributed by atoms with Gasteiger partial charge in [-0.1, -0.05) is 6.92 Å². The number of hydrogen-bond acceptors (Lipinski definition) is 4. The molecule has 0 saturated carbocycles. The molecule has 1 aromatic heterocycles. The van der Waals surface area contributed by atoms with E-state index in [1.165, 1.54) is 6.42 Å². The highest BCUT2D eigenvalue weighted by Crippen LogP contribution is 2.16. The fraction of sp³-hybridized carbons (Fsp3) is 0.571. The molecule has 0 amide bonds. The van der Waals surface area contributed by atoms with Gasteiger partial charge >= 0.3 is 5.97 Å². The molecule has 0 aromatic carbocycles. The van der Waals surface area contributed by atoms with Gasteiger partial charge in [0.1, 0.15) is 5.82 Å². The number of piperidine rings is 1. The highest BCUT2D eigenvalue weighted by atomic mass is 16.4. The quantitative estimate of drug-likeness (QED) is 0.869. The molecule has 1 fully saturated rings. The predicted octanol–water partition coefficient (Wildman–Crippen LogP) is 1.98. The van der Waals surface area contributed by atoms with Gasteiger partial charge in [-0.15, -0.1) is 0 Å². The molecule has 19 heavy (non-hydrogen) atoms. The fourth-order valence-electron chi connectivity index (χ4n) is 2.54. The van der Waals surface area contributed by atoms with Gasteiger partial charge in [0.2, 0.25) is 0 Å². The first kappa shape index (κ1) is 13.8. The number of aromatic nitrogens is 1. The molecule has 5 heteroatoms. The van der Waals surface area contributed by atoms with Gasteiger partial charge < -0.3 is 15.3 Å². The Hall–Kier alpha value is -1.62. The molecule has 1 aliphatic heterocycles. The highest BCUT2D eigenvalue weighted by Gasteiger charge is 2.19. The maximum absolute atomic E-state index is 11.0. The van der Waals surface area contributed by atoms with Crippen molar-refractivity contribution in [1.29, 1.82) is 0 Å². The van der Waals surface area contributed by atoms with Gasteiger partial charge in [0.15, 0.2) is 0 Å². The lowest BCUT2D eigenvalue weighted by Crippen LogP contribution is -2.42. The van der Waals surface area contributed by atoms with Crippen LogP contribution in [0.3, 0.4) is 0 Å². The molecule has 2 rings (SSSR count). The number of aryl methyl sites for hydroxylation is 1. The van der Waals surface area contributed by atoms with Gasteiger partial charge in [-0.2, -0.15) is 0 Å². The SMILES string of the molecule is CCN1CCCC(Nc2cc(C(=O)O)cc(C)n2)C1. The molecule has 1 aliphatic rings. The molecular weight excluding hydrogens is 242 g/mol. The van der Waals surface area contributed by atoms with Crippen molar-refractivity contribution < 1.29 is 9.90 Å². The number of carboxylic acid groups (broad SMARTS) is 1. The lowest BCUT2D eigenvalue weighted by molar-refractivity contribution is 0.0696. The van der Waals surface area contributed by atoms with E-state index in [4.69, 9.17) is 5.11 Å². The Kier molecular flexibility index (Phi) is 4.37. The molecule has 1 aromatic rings. The largest absolute Gasteiger partial charge is 0.478 e. The summed E-state index contributed by atoms with van der Waals surface area (Å²) >= 11 is 0. The van der Waals surface area contributed by atoms with Crippen molar-refractivity contribution in [2.75, 3.05) is 25.0 Å². The molecule has 104 valence electrons. The Balaban J connectivity index is 2.08. The Morgan fingerprint density at radius 1 is 1.58 bits per heavy atom. The average molecular weight is 263 g/mol. The topological polar surface area (TPSA) is 65.5 Å². The maximum atomic E-state index is 11.0. The zero-order valence-electron chi connectivity index (χ0n) is 11.5. The van der Waals surface area contributed by atoms with Gasteiger partial charge in [0.25, 0.3) is 0 Å². The van der Waals surface area contributed by atoms with Gasteiger partial charge in [-0.3, -0.25) is 0 Å². The molecule has 0 aliphatic carbocycles. The average Bonchev–Trinajstić information content (AvgIpc) is 2.38. The van der Waals surface area contributed by atoms with Crippen molar-refractivity contribution in [2.24, 2.45) is 0 Å². The van der Waals surface area contributed by atoms with Crippen LogP contribution in [0.4, 0.5) is 5.82 Å². The summed E-state index contributed by atoms with van der Waals surface area (Å²) in [6.07, 6.45) is 2.28. The summed E-state index contributed by atoms with van der Waals surface area (Å²) in [6.45, 7) is 7.18. The molecule has 1 unspecified atom stereocenters. The van der Waals surface area contributed by atoms with Crippen molar-refractivity contribution >= 4 is 11.8 Å². The molecule has 0 bridgehead atoms. The number of rotatable bonds is 4. The molecule has 2 N–H and O–H groups in total. The van der Waals surface area contributed by atoms with Crippen LogP contribution in [0, 0.1) is 6.92 Å². The summed E-state index contributed by atoms with van der Waals surface area (Å²) in [5.74, 6) is -0.243. The normalized spacial score (nSPS) is 20.2. The van der Waals surface area contributed by atoms with Crippen LogP contribution in [0.2, 0.25) is 0 Å². The first-order valence-corrected chi connectivity index (χ1v) is 6.79. The molecule has 1 atom stereocenters. The minimum atomic E-state index is -0.910. The second kappa shape index (κ2) is 6.02. The first-order chi connectivity index (χ1) is 9.08. The van der Waals surface area contributed by atoms with E-state index in [0.717, 1.165) is 31.7 Å².